The van der Waals surface area contributed by atoms with Crippen molar-refractivity contribution in [2.24, 2.45) is 0 Å². The van der Waals surface area contributed by atoms with E-state index < -0.39 is 11.6 Å². The van der Waals surface area contributed by atoms with Crippen LogP contribution in [0.4, 0.5) is 5.88 Å². The lowest BCUT2D eigenvalue weighted by Gasteiger charge is -2.09. The summed E-state index contributed by atoms with van der Waals surface area (Å²) in [4.78, 5) is 24.2. The molecule has 0 fully saturated rings. The number of hydrogen-bond acceptors (Lipinski definition) is 7. The number of carbonyl (C=O) groups excluding carboxylic acids is 1. The second-order valence-corrected chi connectivity index (χ2v) is 5.83. The molecule has 130 valence electrons. The van der Waals surface area contributed by atoms with Crippen molar-refractivity contribution in [2.45, 2.75) is 13.5 Å². The number of rotatable bonds is 3. The molecule has 4 rings (SSSR count). The monoisotopic (exact) mass is 350 g/mol. The second kappa shape index (κ2) is 6.03. The molecular formula is C19H14N2O5. The summed E-state index contributed by atoms with van der Waals surface area (Å²) < 4.78 is 15.4. The molecule has 0 spiro atoms. The summed E-state index contributed by atoms with van der Waals surface area (Å²) in [6.07, 6.45) is 0. The normalized spacial score (nSPS) is 11.1. The van der Waals surface area contributed by atoms with Gasteiger partial charge in [-0.15, -0.1) is 0 Å². The van der Waals surface area contributed by atoms with Crippen molar-refractivity contribution >= 4 is 33.6 Å². The zero-order valence-electron chi connectivity index (χ0n) is 13.8. The van der Waals surface area contributed by atoms with E-state index in [2.05, 4.69) is 5.16 Å². The Bertz CT molecular complexity index is 1190. The fourth-order valence-electron chi connectivity index (χ4n) is 2.98. The number of benzene rings is 2. The summed E-state index contributed by atoms with van der Waals surface area (Å²) in [5, 5.41) is 6.25. The standard InChI is InChI=1S/C19H14N2O5/c1-10-16(18(20)26-21-10)19(23)24-9-12-8-15(22)25-14-7-6-11-4-2-3-5-13(11)17(12)14/h2-8H,9,20H2,1H3. The number of fused-ring (bicyclic) bond motifs is 3. The number of nitrogens with zero attached hydrogens (tertiary/aromatic N) is 1. The van der Waals surface area contributed by atoms with Crippen molar-refractivity contribution < 1.29 is 18.5 Å². The molecule has 0 aliphatic rings. The van der Waals surface area contributed by atoms with Gasteiger partial charge in [0.05, 0.1) is 5.69 Å². The molecule has 0 aliphatic carbocycles. The minimum Gasteiger partial charge on any atom is -0.457 e. The predicted molar refractivity (Wildman–Crippen MR) is 94.8 cm³/mol. The van der Waals surface area contributed by atoms with Gasteiger partial charge in [-0.3, -0.25) is 0 Å². The van der Waals surface area contributed by atoms with E-state index >= 15 is 0 Å². The predicted octanol–water partition coefficient (Wildman–Crippen LogP) is 3.18. The Morgan fingerprint density at radius 3 is 2.81 bits per heavy atom. The Kier molecular flexibility index (Phi) is 3.69. The summed E-state index contributed by atoms with van der Waals surface area (Å²) >= 11 is 0. The van der Waals surface area contributed by atoms with Crippen LogP contribution in [-0.2, 0) is 11.3 Å². The van der Waals surface area contributed by atoms with Gasteiger partial charge in [0.2, 0.25) is 5.88 Å². The van der Waals surface area contributed by atoms with Gasteiger partial charge in [0.1, 0.15) is 17.8 Å². The Balaban J connectivity index is 1.78. The first kappa shape index (κ1) is 15.9. The highest BCUT2D eigenvalue weighted by Crippen LogP contribution is 2.28. The molecule has 0 saturated heterocycles. The molecule has 0 saturated carbocycles. The van der Waals surface area contributed by atoms with Crippen LogP contribution in [0.5, 0.6) is 0 Å². The van der Waals surface area contributed by atoms with Crippen LogP contribution in [0.15, 0.2) is 56.2 Å². The molecule has 0 bridgehead atoms. The number of nitrogen functional groups attached to an aromatic ring is 1. The summed E-state index contributed by atoms with van der Waals surface area (Å²) in [5.74, 6) is -0.765. The van der Waals surface area contributed by atoms with Crippen LogP contribution in [0, 0.1) is 6.92 Å². The molecule has 26 heavy (non-hydrogen) atoms. The minimum atomic E-state index is -0.664. The lowest BCUT2D eigenvalue weighted by atomic mass is 10.0. The quantitative estimate of drug-likeness (QED) is 0.343. The molecule has 2 aromatic heterocycles. The van der Waals surface area contributed by atoms with E-state index in [0.717, 1.165) is 16.2 Å². The topological polar surface area (TPSA) is 109 Å². The Morgan fingerprint density at radius 2 is 2.04 bits per heavy atom. The Hall–Kier alpha value is -3.61. The van der Waals surface area contributed by atoms with E-state index in [0.29, 0.717) is 16.8 Å². The lowest BCUT2D eigenvalue weighted by Crippen LogP contribution is -2.10. The van der Waals surface area contributed by atoms with Gasteiger partial charge in [0, 0.05) is 17.0 Å². The number of aromatic nitrogens is 1. The van der Waals surface area contributed by atoms with Gasteiger partial charge in [-0.2, -0.15) is 0 Å². The van der Waals surface area contributed by atoms with Crippen LogP contribution in [0.3, 0.4) is 0 Å². The van der Waals surface area contributed by atoms with Crippen molar-refractivity contribution in [1.82, 2.24) is 5.16 Å². The van der Waals surface area contributed by atoms with Crippen LogP contribution in [0.25, 0.3) is 21.7 Å². The molecule has 7 nitrogen and oxygen atoms in total. The number of aryl methyl sites for hydroxylation is 1. The first-order valence-corrected chi connectivity index (χ1v) is 7.88. The van der Waals surface area contributed by atoms with Gasteiger partial charge in [-0.25, -0.2) is 9.59 Å². The van der Waals surface area contributed by atoms with Crippen molar-refractivity contribution in [3.05, 3.63) is 69.7 Å². The summed E-state index contributed by atoms with van der Waals surface area (Å²) in [7, 11) is 0. The molecule has 4 aromatic rings. The van der Waals surface area contributed by atoms with Gasteiger partial charge < -0.3 is 19.4 Å². The molecular weight excluding hydrogens is 336 g/mol. The highest BCUT2D eigenvalue weighted by molar-refractivity contribution is 6.07. The zero-order chi connectivity index (χ0) is 18.3. The van der Waals surface area contributed by atoms with Gasteiger partial charge in [0.15, 0.2) is 0 Å². The number of hydrogen-bond donors (Lipinski definition) is 1. The van der Waals surface area contributed by atoms with Crippen LogP contribution in [-0.4, -0.2) is 11.1 Å². The van der Waals surface area contributed by atoms with Crippen molar-refractivity contribution in [3.63, 3.8) is 0 Å². The average Bonchev–Trinajstić information content (AvgIpc) is 2.97. The first-order valence-electron chi connectivity index (χ1n) is 7.88. The minimum absolute atomic E-state index is 0.0853. The summed E-state index contributed by atoms with van der Waals surface area (Å²) in [5.41, 5.74) is 6.50. The Labute approximate surface area is 146 Å². The van der Waals surface area contributed by atoms with E-state index in [1.165, 1.54) is 6.07 Å². The maximum atomic E-state index is 12.3. The number of ether oxygens (including phenoxy) is 1. The highest BCUT2D eigenvalue weighted by atomic mass is 16.5. The van der Waals surface area contributed by atoms with E-state index in [-0.39, 0.29) is 18.1 Å². The second-order valence-electron chi connectivity index (χ2n) is 5.83. The fraction of sp³-hybridized carbons (Fsp3) is 0.105. The van der Waals surface area contributed by atoms with Crippen molar-refractivity contribution in [3.8, 4) is 0 Å². The van der Waals surface area contributed by atoms with Gasteiger partial charge in [-0.1, -0.05) is 35.5 Å². The third-order valence-electron chi connectivity index (χ3n) is 4.17. The number of carbonyl (C=O) groups is 1. The van der Waals surface area contributed by atoms with E-state index in [1.54, 1.807) is 13.0 Å². The summed E-state index contributed by atoms with van der Waals surface area (Å²) in [6.45, 7) is 1.48. The number of nitrogens with two attached hydrogens (primary N) is 1. The fourth-order valence-corrected chi connectivity index (χ4v) is 2.98. The third-order valence-corrected chi connectivity index (χ3v) is 4.17. The lowest BCUT2D eigenvalue weighted by molar-refractivity contribution is 0.0474. The maximum Gasteiger partial charge on any atom is 0.346 e. The summed E-state index contributed by atoms with van der Waals surface area (Å²) in [6, 6.07) is 12.6. The van der Waals surface area contributed by atoms with Crippen LogP contribution < -0.4 is 11.4 Å². The van der Waals surface area contributed by atoms with Crippen LogP contribution >= 0.6 is 0 Å². The molecule has 0 radical (unpaired) electrons. The smallest absolute Gasteiger partial charge is 0.346 e. The van der Waals surface area contributed by atoms with Crippen molar-refractivity contribution in [1.29, 1.82) is 0 Å². The third kappa shape index (κ3) is 2.59. The molecule has 2 N–H and O–H groups in total. The molecule has 0 atom stereocenters. The van der Waals surface area contributed by atoms with Gasteiger partial charge in [0.25, 0.3) is 0 Å². The van der Waals surface area contributed by atoms with E-state index in [1.807, 2.05) is 30.3 Å². The largest absolute Gasteiger partial charge is 0.457 e. The van der Waals surface area contributed by atoms with Crippen LogP contribution in [0.2, 0.25) is 0 Å². The van der Waals surface area contributed by atoms with Crippen molar-refractivity contribution in [2.75, 3.05) is 5.73 Å². The SMILES string of the molecule is Cc1noc(N)c1C(=O)OCc1cc(=O)oc2ccc3ccccc3c12. The molecule has 2 heterocycles. The van der Waals surface area contributed by atoms with Gasteiger partial charge in [-0.05, 0) is 23.8 Å². The Morgan fingerprint density at radius 1 is 1.23 bits per heavy atom. The molecule has 7 heteroatoms. The zero-order valence-corrected chi connectivity index (χ0v) is 13.8. The van der Waals surface area contributed by atoms with Crippen LogP contribution in [0.1, 0.15) is 21.6 Å². The number of anilines is 1. The maximum absolute atomic E-state index is 12.3. The molecule has 0 aliphatic heterocycles. The molecule has 2 aromatic carbocycles. The molecule has 0 amide bonds. The average molecular weight is 350 g/mol. The first-order chi connectivity index (χ1) is 12.5. The molecule has 0 unspecified atom stereocenters. The van der Waals surface area contributed by atoms with Gasteiger partial charge >= 0.3 is 11.6 Å². The highest BCUT2D eigenvalue weighted by Gasteiger charge is 2.20. The number of esters is 1. The van der Waals surface area contributed by atoms with E-state index in [9.17, 15) is 9.59 Å². The van der Waals surface area contributed by atoms with E-state index in [4.69, 9.17) is 19.4 Å².